The number of aliphatic hydroxyl groups excluding tert-OH is 1. The summed E-state index contributed by atoms with van der Waals surface area (Å²) in [5.74, 6) is 1.04. The van der Waals surface area contributed by atoms with Gasteiger partial charge in [0.15, 0.2) is 0 Å². The van der Waals surface area contributed by atoms with Gasteiger partial charge >= 0.3 is 6.03 Å². The number of benzene rings is 1. The van der Waals surface area contributed by atoms with Crippen LogP contribution in [0, 0.1) is 5.92 Å². The lowest BCUT2D eigenvalue weighted by Gasteiger charge is -2.15. The van der Waals surface area contributed by atoms with Crippen LogP contribution in [0.1, 0.15) is 25.8 Å². The molecule has 0 aliphatic heterocycles. The molecule has 0 saturated heterocycles. The van der Waals surface area contributed by atoms with Gasteiger partial charge in [-0.2, -0.15) is 0 Å². The van der Waals surface area contributed by atoms with Crippen molar-refractivity contribution in [1.82, 2.24) is 10.6 Å². The molecule has 5 nitrogen and oxygen atoms in total. The van der Waals surface area contributed by atoms with Gasteiger partial charge in [0.2, 0.25) is 0 Å². The molecule has 0 aromatic heterocycles. The summed E-state index contributed by atoms with van der Waals surface area (Å²) in [5, 5.41) is 15.2. The van der Waals surface area contributed by atoms with Crippen molar-refractivity contribution in [1.29, 1.82) is 0 Å². The average Bonchev–Trinajstić information content (AvgIpc) is 2.47. The maximum absolute atomic E-state index is 11.6. The third-order valence-electron chi connectivity index (χ3n) is 3.37. The van der Waals surface area contributed by atoms with Crippen LogP contribution in [0.15, 0.2) is 24.3 Å². The molecule has 0 spiro atoms. The van der Waals surface area contributed by atoms with Crippen LogP contribution < -0.4 is 15.4 Å². The highest BCUT2D eigenvalue weighted by atomic mass is 16.5. The van der Waals surface area contributed by atoms with Gasteiger partial charge in [-0.15, -0.1) is 0 Å². The highest BCUT2D eigenvalue weighted by Gasteiger charge is 2.09. The summed E-state index contributed by atoms with van der Waals surface area (Å²) in [6.45, 7) is 4.93. The van der Waals surface area contributed by atoms with Crippen LogP contribution in [0.25, 0.3) is 0 Å². The highest BCUT2D eigenvalue weighted by molar-refractivity contribution is 5.73. The predicted molar refractivity (Wildman–Crippen MR) is 83.6 cm³/mol. The SMILES string of the molecule is COc1ccccc1CCNC(=O)NCCC(O)C(C)C. The smallest absolute Gasteiger partial charge is 0.314 e. The standard InChI is InChI=1S/C16H26N2O3/c1-12(2)14(19)9-11-18-16(20)17-10-8-13-6-4-5-7-15(13)21-3/h4-7,12,14,19H,8-11H2,1-3H3,(H2,17,18,20). The molecule has 0 saturated carbocycles. The first-order valence-corrected chi connectivity index (χ1v) is 7.36. The Morgan fingerprint density at radius 1 is 1.24 bits per heavy atom. The molecule has 1 aromatic carbocycles. The van der Waals surface area contributed by atoms with Crippen LogP contribution in [0.2, 0.25) is 0 Å². The second-order valence-corrected chi connectivity index (χ2v) is 5.34. The summed E-state index contributed by atoms with van der Waals surface area (Å²) in [4.78, 5) is 11.6. The quantitative estimate of drug-likeness (QED) is 0.686. The largest absolute Gasteiger partial charge is 0.496 e. The lowest BCUT2D eigenvalue weighted by molar-refractivity contribution is 0.116. The fraction of sp³-hybridized carbons (Fsp3) is 0.562. The van der Waals surface area contributed by atoms with Gasteiger partial charge in [0.25, 0.3) is 0 Å². The molecule has 0 bridgehead atoms. The number of amides is 2. The number of aliphatic hydroxyl groups is 1. The fourth-order valence-corrected chi connectivity index (χ4v) is 1.95. The van der Waals surface area contributed by atoms with Crippen molar-refractivity contribution in [3.63, 3.8) is 0 Å². The average molecular weight is 294 g/mol. The van der Waals surface area contributed by atoms with Crippen LogP contribution in [-0.4, -0.2) is 37.4 Å². The van der Waals surface area contributed by atoms with Crippen LogP contribution >= 0.6 is 0 Å². The van der Waals surface area contributed by atoms with Gasteiger partial charge in [0, 0.05) is 13.1 Å². The van der Waals surface area contributed by atoms with E-state index in [1.807, 2.05) is 38.1 Å². The summed E-state index contributed by atoms with van der Waals surface area (Å²) in [5.41, 5.74) is 1.07. The second-order valence-electron chi connectivity index (χ2n) is 5.34. The molecule has 5 heteroatoms. The molecule has 1 unspecified atom stereocenters. The van der Waals surface area contributed by atoms with E-state index >= 15 is 0 Å². The molecule has 0 fully saturated rings. The number of para-hydroxylation sites is 1. The minimum atomic E-state index is -0.376. The molecule has 21 heavy (non-hydrogen) atoms. The summed E-state index contributed by atoms with van der Waals surface area (Å²) >= 11 is 0. The lowest BCUT2D eigenvalue weighted by Crippen LogP contribution is -2.38. The van der Waals surface area contributed by atoms with Crippen molar-refractivity contribution in [2.24, 2.45) is 5.92 Å². The molecule has 0 aliphatic carbocycles. The van der Waals surface area contributed by atoms with Gasteiger partial charge in [-0.1, -0.05) is 32.0 Å². The molecule has 0 heterocycles. The van der Waals surface area contributed by atoms with E-state index in [0.717, 1.165) is 11.3 Å². The minimum Gasteiger partial charge on any atom is -0.496 e. The number of urea groups is 1. The van der Waals surface area contributed by atoms with Gasteiger partial charge in [-0.3, -0.25) is 0 Å². The van der Waals surface area contributed by atoms with Gasteiger partial charge in [0.05, 0.1) is 13.2 Å². The first-order valence-electron chi connectivity index (χ1n) is 7.36. The number of carbonyl (C=O) groups is 1. The summed E-state index contributed by atoms with van der Waals surface area (Å²) in [6, 6.07) is 7.55. The minimum absolute atomic E-state index is 0.208. The van der Waals surface area contributed by atoms with Gasteiger partial charge in [-0.25, -0.2) is 4.79 Å². The normalized spacial score (nSPS) is 12.0. The van der Waals surface area contributed by atoms with Crippen molar-refractivity contribution in [3.05, 3.63) is 29.8 Å². The Balaban J connectivity index is 2.22. The van der Waals surface area contributed by atoms with E-state index in [4.69, 9.17) is 4.74 Å². The molecular formula is C16H26N2O3. The zero-order chi connectivity index (χ0) is 15.7. The molecule has 1 rings (SSSR count). The van der Waals surface area contributed by atoms with E-state index in [2.05, 4.69) is 10.6 Å². The number of hydrogen-bond donors (Lipinski definition) is 3. The summed E-state index contributed by atoms with van der Waals surface area (Å²) in [7, 11) is 1.64. The Bertz CT molecular complexity index is 435. The molecule has 2 amide bonds. The van der Waals surface area contributed by atoms with Crippen LogP contribution in [0.3, 0.4) is 0 Å². The van der Waals surface area contributed by atoms with Crippen molar-refractivity contribution >= 4 is 6.03 Å². The van der Waals surface area contributed by atoms with Crippen molar-refractivity contribution in [2.45, 2.75) is 32.8 Å². The summed E-state index contributed by atoms with van der Waals surface area (Å²) in [6.07, 6.45) is 0.905. The highest BCUT2D eigenvalue weighted by Crippen LogP contribution is 2.17. The molecule has 118 valence electrons. The van der Waals surface area contributed by atoms with E-state index in [-0.39, 0.29) is 18.1 Å². The van der Waals surface area contributed by atoms with E-state index in [9.17, 15) is 9.90 Å². The van der Waals surface area contributed by atoms with E-state index in [1.165, 1.54) is 0 Å². The second kappa shape index (κ2) is 9.23. The number of hydrogen-bond acceptors (Lipinski definition) is 3. The molecule has 3 N–H and O–H groups in total. The molecule has 1 atom stereocenters. The topological polar surface area (TPSA) is 70.6 Å². The third kappa shape index (κ3) is 6.49. The molecule has 0 radical (unpaired) electrons. The lowest BCUT2D eigenvalue weighted by atomic mass is 10.0. The maximum atomic E-state index is 11.6. The van der Waals surface area contributed by atoms with Crippen molar-refractivity contribution < 1.29 is 14.6 Å². The number of methoxy groups -OCH3 is 1. The molecular weight excluding hydrogens is 268 g/mol. The van der Waals surface area contributed by atoms with Crippen molar-refractivity contribution in [3.8, 4) is 5.75 Å². The van der Waals surface area contributed by atoms with Gasteiger partial charge in [0.1, 0.15) is 5.75 Å². The zero-order valence-electron chi connectivity index (χ0n) is 13.1. The number of ether oxygens (including phenoxy) is 1. The third-order valence-corrected chi connectivity index (χ3v) is 3.37. The Morgan fingerprint density at radius 3 is 2.57 bits per heavy atom. The van der Waals surface area contributed by atoms with Crippen LogP contribution in [-0.2, 0) is 6.42 Å². The number of carbonyl (C=O) groups excluding carboxylic acids is 1. The first-order chi connectivity index (χ1) is 10.0. The fourth-order valence-electron chi connectivity index (χ4n) is 1.95. The number of nitrogens with one attached hydrogen (secondary N) is 2. The molecule has 0 aliphatic rings. The Morgan fingerprint density at radius 2 is 1.90 bits per heavy atom. The Labute approximate surface area is 126 Å². The van der Waals surface area contributed by atoms with E-state index in [1.54, 1.807) is 7.11 Å². The molecule has 1 aromatic rings. The van der Waals surface area contributed by atoms with E-state index in [0.29, 0.717) is 25.9 Å². The Kier molecular flexibility index (Phi) is 7.61. The van der Waals surface area contributed by atoms with Crippen LogP contribution in [0.5, 0.6) is 5.75 Å². The van der Waals surface area contributed by atoms with Crippen LogP contribution in [0.4, 0.5) is 4.79 Å². The monoisotopic (exact) mass is 294 g/mol. The van der Waals surface area contributed by atoms with Gasteiger partial charge < -0.3 is 20.5 Å². The maximum Gasteiger partial charge on any atom is 0.314 e. The Hall–Kier alpha value is -1.75. The summed E-state index contributed by atoms with van der Waals surface area (Å²) < 4.78 is 5.26. The predicted octanol–water partition coefficient (Wildman–Crippen LogP) is 1.94. The van der Waals surface area contributed by atoms with Gasteiger partial charge in [-0.05, 0) is 30.4 Å². The first kappa shape index (κ1) is 17.3. The zero-order valence-corrected chi connectivity index (χ0v) is 13.1. The van der Waals surface area contributed by atoms with Crippen molar-refractivity contribution in [2.75, 3.05) is 20.2 Å². The van der Waals surface area contributed by atoms with E-state index < -0.39 is 0 Å². The number of rotatable bonds is 8.